The first-order valence-corrected chi connectivity index (χ1v) is 4.63. The van der Waals surface area contributed by atoms with E-state index < -0.39 is 0 Å². The summed E-state index contributed by atoms with van der Waals surface area (Å²) in [7, 11) is 1.67. The molecule has 70 valence electrons. The summed E-state index contributed by atoms with van der Waals surface area (Å²) in [5, 5.41) is 8.94. The van der Waals surface area contributed by atoms with E-state index in [0.29, 0.717) is 0 Å². The standard InChI is InChI=1S/C12H11NO/c1-14-12-7-3-5-10-9(8-13)4-2-6-11(10)12/h3-5,7H,2,6H2,1H3. The zero-order chi connectivity index (χ0) is 9.97. The van der Waals surface area contributed by atoms with E-state index in [9.17, 15) is 0 Å². The Kier molecular flexibility index (Phi) is 2.24. The molecule has 0 bridgehead atoms. The summed E-state index contributed by atoms with van der Waals surface area (Å²) < 4.78 is 5.27. The highest BCUT2D eigenvalue weighted by Gasteiger charge is 2.15. The smallest absolute Gasteiger partial charge is 0.122 e. The van der Waals surface area contributed by atoms with Crippen molar-refractivity contribution in [3.63, 3.8) is 0 Å². The largest absolute Gasteiger partial charge is 0.496 e. The van der Waals surface area contributed by atoms with Crippen molar-refractivity contribution in [3.05, 3.63) is 35.4 Å². The van der Waals surface area contributed by atoms with E-state index >= 15 is 0 Å². The molecule has 0 saturated heterocycles. The van der Waals surface area contributed by atoms with Crippen molar-refractivity contribution < 1.29 is 4.74 Å². The third-order valence-electron chi connectivity index (χ3n) is 2.51. The molecule has 0 N–H and O–H groups in total. The fourth-order valence-electron chi connectivity index (χ4n) is 1.84. The zero-order valence-electron chi connectivity index (χ0n) is 8.08. The fourth-order valence-corrected chi connectivity index (χ4v) is 1.84. The van der Waals surface area contributed by atoms with Gasteiger partial charge in [-0.1, -0.05) is 18.2 Å². The van der Waals surface area contributed by atoms with Crippen LogP contribution in [0.4, 0.5) is 0 Å². The van der Waals surface area contributed by atoms with Crippen LogP contribution in [0.1, 0.15) is 17.5 Å². The Hall–Kier alpha value is -1.75. The summed E-state index contributed by atoms with van der Waals surface area (Å²) in [4.78, 5) is 0. The Morgan fingerprint density at radius 3 is 3.00 bits per heavy atom. The van der Waals surface area contributed by atoms with Crippen LogP contribution in [0.5, 0.6) is 5.75 Å². The second-order valence-corrected chi connectivity index (χ2v) is 3.25. The van der Waals surface area contributed by atoms with Crippen molar-refractivity contribution in [2.24, 2.45) is 0 Å². The summed E-state index contributed by atoms with van der Waals surface area (Å²) in [6, 6.07) is 8.06. The number of rotatable bonds is 1. The number of ether oxygens (including phenoxy) is 1. The number of hydrogen-bond donors (Lipinski definition) is 0. The first kappa shape index (κ1) is 8.83. The molecule has 1 aromatic carbocycles. The van der Waals surface area contributed by atoms with E-state index in [2.05, 4.69) is 6.07 Å². The van der Waals surface area contributed by atoms with Crippen LogP contribution in [0.3, 0.4) is 0 Å². The van der Waals surface area contributed by atoms with E-state index in [1.165, 1.54) is 0 Å². The molecule has 1 aliphatic rings. The number of benzene rings is 1. The number of allylic oxidation sites excluding steroid dienone is 2. The molecule has 0 spiro atoms. The maximum Gasteiger partial charge on any atom is 0.122 e. The van der Waals surface area contributed by atoms with Crippen molar-refractivity contribution >= 4 is 5.57 Å². The SMILES string of the molecule is COc1cccc2c1CCC=C2C#N. The van der Waals surface area contributed by atoms with Crippen molar-refractivity contribution in [2.75, 3.05) is 7.11 Å². The van der Waals surface area contributed by atoms with Crippen molar-refractivity contribution in [2.45, 2.75) is 12.8 Å². The first-order chi connectivity index (χ1) is 6.86. The van der Waals surface area contributed by atoms with Gasteiger partial charge < -0.3 is 4.74 Å². The van der Waals surface area contributed by atoms with Crippen molar-refractivity contribution in [3.8, 4) is 11.8 Å². The summed E-state index contributed by atoms with van der Waals surface area (Å²) in [6.07, 6.45) is 3.88. The normalized spacial score (nSPS) is 13.9. The van der Waals surface area contributed by atoms with Gasteiger partial charge in [-0.3, -0.25) is 0 Å². The molecule has 14 heavy (non-hydrogen) atoms. The molecule has 0 aliphatic heterocycles. The van der Waals surface area contributed by atoms with Gasteiger partial charge in [0, 0.05) is 5.56 Å². The average Bonchev–Trinajstić information content (AvgIpc) is 2.27. The maximum absolute atomic E-state index is 8.94. The number of hydrogen-bond acceptors (Lipinski definition) is 2. The molecule has 2 heteroatoms. The van der Waals surface area contributed by atoms with Gasteiger partial charge in [0.05, 0.1) is 18.8 Å². The van der Waals surface area contributed by atoms with Gasteiger partial charge in [0.1, 0.15) is 5.75 Å². The Labute approximate surface area is 83.4 Å². The van der Waals surface area contributed by atoms with Crippen LogP contribution < -0.4 is 4.74 Å². The summed E-state index contributed by atoms with van der Waals surface area (Å²) >= 11 is 0. The minimum atomic E-state index is 0.769. The van der Waals surface area contributed by atoms with Crippen LogP contribution in [0.15, 0.2) is 24.3 Å². The second kappa shape index (κ2) is 3.55. The Morgan fingerprint density at radius 1 is 1.43 bits per heavy atom. The van der Waals surface area contributed by atoms with Gasteiger partial charge in [-0.15, -0.1) is 0 Å². The number of methoxy groups -OCH3 is 1. The third kappa shape index (κ3) is 1.27. The van der Waals surface area contributed by atoms with Gasteiger partial charge in [0.25, 0.3) is 0 Å². The van der Waals surface area contributed by atoms with Gasteiger partial charge >= 0.3 is 0 Å². The summed E-state index contributed by atoms with van der Waals surface area (Å²) in [5.41, 5.74) is 2.96. The fraction of sp³-hybridized carbons (Fsp3) is 0.250. The van der Waals surface area contributed by atoms with Crippen LogP contribution in [-0.4, -0.2) is 7.11 Å². The second-order valence-electron chi connectivity index (χ2n) is 3.25. The molecule has 0 radical (unpaired) electrons. The molecule has 0 heterocycles. The topological polar surface area (TPSA) is 33.0 Å². The van der Waals surface area contributed by atoms with E-state index in [4.69, 9.17) is 10.00 Å². The molecule has 0 aromatic heterocycles. The van der Waals surface area contributed by atoms with Gasteiger partial charge in [-0.05, 0) is 24.5 Å². The minimum Gasteiger partial charge on any atom is -0.496 e. The van der Waals surface area contributed by atoms with E-state index in [0.717, 1.165) is 35.3 Å². The number of fused-ring (bicyclic) bond motifs is 1. The number of nitriles is 1. The molecule has 1 aromatic rings. The lowest BCUT2D eigenvalue weighted by molar-refractivity contribution is 0.409. The van der Waals surface area contributed by atoms with Gasteiger partial charge in [0.2, 0.25) is 0 Å². The van der Waals surface area contributed by atoms with E-state index in [-0.39, 0.29) is 0 Å². The molecular weight excluding hydrogens is 174 g/mol. The van der Waals surface area contributed by atoms with Gasteiger partial charge in [0.15, 0.2) is 0 Å². The molecule has 0 saturated carbocycles. The monoisotopic (exact) mass is 185 g/mol. The molecule has 1 aliphatic carbocycles. The average molecular weight is 185 g/mol. The lowest BCUT2D eigenvalue weighted by atomic mass is 9.91. The highest BCUT2D eigenvalue weighted by atomic mass is 16.5. The molecule has 2 rings (SSSR count). The Morgan fingerprint density at radius 2 is 2.29 bits per heavy atom. The van der Waals surface area contributed by atoms with Gasteiger partial charge in [-0.25, -0.2) is 0 Å². The van der Waals surface area contributed by atoms with Crippen molar-refractivity contribution in [1.29, 1.82) is 5.26 Å². The molecule has 0 unspecified atom stereocenters. The van der Waals surface area contributed by atoms with Crippen LogP contribution >= 0.6 is 0 Å². The van der Waals surface area contributed by atoms with Crippen LogP contribution in [0.2, 0.25) is 0 Å². The predicted molar refractivity (Wildman–Crippen MR) is 54.9 cm³/mol. The molecule has 0 atom stereocenters. The summed E-state index contributed by atoms with van der Waals surface area (Å²) in [6.45, 7) is 0. The van der Waals surface area contributed by atoms with E-state index in [1.807, 2.05) is 24.3 Å². The quantitative estimate of drug-likeness (QED) is 0.673. The van der Waals surface area contributed by atoms with Crippen LogP contribution in [0, 0.1) is 11.3 Å². The predicted octanol–water partition coefficient (Wildman–Crippen LogP) is 2.55. The Balaban J connectivity index is 2.59. The summed E-state index contributed by atoms with van der Waals surface area (Å²) in [5.74, 6) is 0.892. The Bertz CT molecular complexity index is 426. The molecule has 0 fully saturated rings. The highest BCUT2D eigenvalue weighted by molar-refractivity contribution is 5.81. The van der Waals surface area contributed by atoms with E-state index in [1.54, 1.807) is 7.11 Å². The molecular formula is C12H11NO. The highest BCUT2D eigenvalue weighted by Crippen LogP contribution is 2.32. The lowest BCUT2D eigenvalue weighted by Gasteiger charge is -2.16. The molecule has 0 amide bonds. The zero-order valence-corrected chi connectivity index (χ0v) is 8.08. The van der Waals surface area contributed by atoms with Crippen LogP contribution in [-0.2, 0) is 6.42 Å². The maximum atomic E-state index is 8.94. The van der Waals surface area contributed by atoms with Crippen molar-refractivity contribution in [1.82, 2.24) is 0 Å². The first-order valence-electron chi connectivity index (χ1n) is 4.63. The molecule has 2 nitrogen and oxygen atoms in total. The lowest BCUT2D eigenvalue weighted by Crippen LogP contribution is -2.01. The van der Waals surface area contributed by atoms with Gasteiger partial charge in [-0.2, -0.15) is 5.26 Å². The minimum absolute atomic E-state index is 0.769. The van der Waals surface area contributed by atoms with Crippen LogP contribution in [0.25, 0.3) is 5.57 Å². The number of nitrogens with zero attached hydrogens (tertiary/aromatic N) is 1. The third-order valence-corrected chi connectivity index (χ3v) is 2.51.